The first kappa shape index (κ1) is 23.9. The zero-order valence-corrected chi connectivity index (χ0v) is 19.9. The highest BCUT2D eigenvalue weighted by molar-refractivity contribution is 6.35. The number of nitrogens with one attached hydrogen (secondary N) is 2. The maximum Gasteiger partial charge on any atom is 0.325 e. The van der Waals surface area contributed by atoms with Crippen LogP contribution in [-0.4, -0.2) is 41.9 Å². The van der Waals surface area contributed by atoms with Gasteiger partial charge in [0.25, 0.3) is 5.91 Å². The molecule has 4 amide bonds. The lowest BCUT2D eigenvalue weighted by molar-refractivity contribution is -0.133. The number of benzene rings is 2. The zero-order valence-electron chi connectivity index (χ0n) is 18.4. The zero-order chi connectivity index (χ0) is 23.6. The number of carbonyl (C=O) groups excluding carboxylic acids is 3. The highest BCUT2D eigenvalue weighted by Crippen LogP contribution is 2.35. The third-order valence-electron chi connectivity index (χ3n) is 5.49. The summed E-state index contributed by atoms with van der Waals surface area (Å²) >= 11 is 12.2. The maximum atomic E-state index is 13.0. The Kier molecular flexibility index (Phi) is 7.00. The molecule has 3 rings (SSSR count). The van der Waals surface area contributed by atoms with Crippen molar-refractivity contribution in [3.05, 3.63) is 58.1 Å². The van der Waals surface area contributed by atoms with Crippen molar-refractivity contribution in [2.45, 2.75) is 39.3 Å². The van der Waals surface area contributed by atoms with E-state index < -0.39 is 29.9 Å². The number of urea groups is 1. The van der Waals surface area contributed by atoms with E-state index in [1.807, 2.05) is 12.1 Å². The van der Waals surface area contributed by atoms with Crippen LogP contribution in [0.5, 0.6) is 0 Å². The Morgan fingerprint density at radius 2 is 1.81 bits per heavy atom. The lowest BCUT2D eigenvalue weighted by Gasteiger charge is -2.27. The molecule has 0 bridgehead atoms. The summed E-state index contributed by atoms with van der Waals surface area (Å²) in [4.78, 5) is 41.2. The second-order valence-corrected chi connectivity index (χ2v) is 8.89. The van der Waals surface area contributed by atoms with Gasteiger partial charge in [0.2, 0.25) is 5.91 Å². The molecule has 0 saturated carbocycles. The molecule has 1 saturated heterocycles. The monoisotopic (exact) mass is 476 g/mol. The molecule has 0 aromatic heterocycles. The van der Waals surface area contributed by atoms with Gasteiger partial charge in [0.1, 0.15) is 12.1 Å². The largest absolute Gasteiger partial charge is 0.369 e. The van der Waals surface area contributed by atoms with Crippen LogP contribution < -0.4 is 15.5 Å². The van der Waals surface area contributed by atoms with E-state index in [4.69, 9.17) is 23.2 Å². The number of rotatable bonds is 7. The highest BCUT2D eigenvalue weighted by atomic mass is 35.5. The fraction of sp³-hybridized carbons (Fsp3) is 0.348. The van der Waals surface area contributed by atoms with E-state index in [1.165, 1.54) is 6.07 Å². The second kappa shape index (κ2) is 9.38. The van der Waals surface area contributed by atoms with Crippen LogP contribution in [-0.2, 0) is 15.1 Å². The van der Waals surface area contributed by atoms with Crippen molar-refractivity contribution < 1.29 is 14.4 Å². The standard InChI is InChI=1S/C23H26Cl2N4O3/c1-5-28(14(2)3)17-9-7-16(8-10-17)26-20(30)13-29-21(31)23(4,27-22(29)32)18-11-6-15(24)12-19(18)25/h6-12,14H,5,13H2,1-4H3,(H,26,30)(H,27,32). The number of nitrogens with zero attached hydrogens (tertiary/aromatic N) is 2. The number of halogens is 2. The van der Waals surface area contributed by atoms with Crippen LogP contribution >= 0.6 is 23.2 Å². The summed E-state index contributed by atoms with van der Waals surface area (Å²) in [6.07, 6.45) is 0. The van der Waals surface area contributed by atoms with Crippen LogP contribution in [0.4, 0.5) is 16.2 Å². The Hall–Kier alpha value is -2.77. The molecule has 1 atom stereocenters. The van der Waals surface area contributed by atoms with E-state index in [2.05, 4.69) is 36.3 Å². The Morgan fingerprint density at radius 1 is 1.16 bits per heavy atom. The molecule has 7 nitrogen and oxygen atoms in total. The van der Waals surface area contributed by atoms with Crippen molar-refractivity contribution in [2.24, 2.45) is 0 Å². The Labute approximate surface area is 197 Å². The minimum Gasteiger partial charge on any atom is -0.369 e. The molecule has 2 aromatic carbocycles. The van der Waals surface area contributed by atoms with Gasteiger partial charge in [-0.3, -0.25) is 14.5 Å². The van der Waals surface area contributed by atoms with Gasteiger partial charge in [-0.25, -0.2) is 4.79 Å². The number of amides is 4. The summed E-state index contributed by atoms with van der Waals surface area (Å²) in [5.74, 6) is -1.04. The molecule has 0 aliphatic carbocycles. The quantitative estimate of drug-likeness (QED) is 0.570. The number of imide groups is 1. The SMILES string of the molecule is CCN(c1ccc(NC(=O)CN2C(=O)NC(C)(c3ccc(Cl)cc3Cl)C2=O)cc1)C(C)C. The molecule has 1 unspecified atom stereocenters. The van der Waals surface area contributed by atoms with Gasteiger partial charge in [-0.2, -0.15) is 0 Å². The van der Waals surface area contributed by atoms with E-state index in [9.17, 15) is 14.4 Å². The predicted octanol–water partition coefficient (Wildman–Crippen LogP) is 4.63. The fourth-order valence-electron chi connectivity index (χ4n) is 3.84. The van der Waals surface area contributed by atoms with Gasteiger partial charge < -0.3 is 15.5 Å². The summed E-state index contributed by atoms with van der Waals surface area (Å²) in [6.45, 7) is 8.31. The molecule has 1 heterocycles. The van der Waals surface area contributed by atoms with Crippen molar-refractivity contribution in [1.82, 2.24) is 10.2 Å². The summed E-state index contributed by atoms with van der Waals surface area (Å²) in [6, 6.07) is 11.8. The fourth-order valence-corrected chi connectivity index (χ4v) is 4.44. The smallest absolute Gasteiger partial charge is 0.325 e. The molecule has 2 aromatic rings. The summed E-state index contributed by atoms with van der Waals surface area (Å²) in [5.41, 5.74) is 0.645. The lowest BCUT2D eigenvalue weighted by atomic mass is 9.92. The molecule has 9 heteroatoms. The van der Waals surface area contributed by atoms with Crippen molar-refractivity contribution >= 4 is 52.4 Å². The van der Waals surface area contributed by atoms with E-state index in [1.54, 1.807) is 31.2 Å². The maximum absolute atomic E-state index is 13.0. The minimum absolute atomic E-state index is 0.252. The molecule has 1 fully saturated rings. The van der Waals surface area contributed by atoms with Gasteiger partial charge in [-0.05, 0) is 64.1 Å². The molecule has 0 radical (unpaired) electrons. The van der Waals surface area contributed by atoms with Crippen LogP contribution in [0.1, 0.15) is 33.3 Å². The Bertz CT molecular complexity index is 1040. The molecule has 1 aliphatic rings. The van der Waals surface area contributed by atoms with Gasteiger partial charge in [0, 0.05) is 39.6 Å². The number of carbonyl (C=O) groups is 3. The van der Waals surface area contributed by atoms with Crippen LogP contribution in [0.3, 0.4) is 0 Å². The van der Waals surface area contributed by atoms with Gasteiger partial charge in [-0.1, -0.05) is 29.3 Å². The average Bonchev–Trinajstić information content (AvgIpc) is 2.93. The number of hydrogen-bond donors (Lipinski definition) is 2. The molecule has 0 spiro atoms. The normalized spacial score (nSPS) is 18.2. The first-order valence-corrected chi connectivity index (χ1v) is 11.1. The Morgan fingerprint density at radius 3 is 2.38 bits per heavy atom. The summed E-state index contributed by atoms with van der Waals surface area (Å²) in [5, 5.41) is 6.04. The topological polar surface area (TPSA) is 81.8 Å². The van der Waals surface area contributed by atoms with Gasteiger partial charge in [-0.15, -0.1) is 0 Å². The van der Waals surface area contributed by atoms with Crippen molar-refractivity contribution in [3.8, 4) is 0 Å². The van der Waals surface area contributed by atoms with E-state index in [-0.39, 0.29) is 5.02 Å². The first-order chi connectivity index (χ1) is 15.1. The van der Waals surface area contributed by atoms with Crippen molar-refractivity contribution in [2.75, 3.05) is 23.3 Å². The second-order valence-electron chi connectivity index (χ2n) is 8.05. The van der Waals surface area contributed by atoms with E-state index in [0.717, 1.165) is 17.1 Å². The highest BCUT2D eigenvalue weighted by Gasteiger charge is 2.50. The van der Waals surface area contributed by atoms with Crippen LogP contribution in [0.2, 0.25) is 10.0 Å². The third kappa shape index (κ3) is 4.69. The molecule has 1 aliphatic heterocycles. The van der Waals surface area contributed by atoms with Gasteiger partial charge in [0.05, 0.1) is 0 Å². The third-order valence-corrected chi connectivity index (χ3v) is 6.04. The average molecular weight is 477 g/mol. The van der Waals surface area contributed by atoms with Gasteiger partial charge in [0.15, 0.2) is 0 Å². The predicted molar refractivity (Wildman–Crippen MR) is 127 cm³/mol. The summed E-state index contributed by atoms with van der Waals surface area (Å²) < 4.78 is 0. The van der Waals surface area contributed by atoms with Crippen LogP contribution in [0.15, 0.2) is 42.5 Å². The van der Waals surface area contributed by atoms with E-state index in [0.29, 0.717) is 22.3 Å². The number of hydrogen-bond acceptors (Lipinski definition) is 4. The Balaban J connectivity index is 1.70. The summed E-state index contributed by atoms with van der Waals surface area (Å²) in [7, 11) is 0. The molecular formula is C23H26Cl2N4O3. The van der Waals surface area contributed by atoms with Gasteiger partial charge >= 0.3 is 6.03 Å². The lowest BCUT2D eigenvalue weighted by Crippen LogP contribution is -2.42. The molecular weight excluding hydrogens is 451 g/mol. The molecule has 32 heavy (non-hydrogen) atoms. The number of anilines is 2. The van der Waals surface area contributed by atoms with E-state index >= 15 is 0 Å². The van der Waals surface area contributed by atoms with Crippen LogP contribution in [0, 0.1) is 0 Å². The first-order valence-electron chi connectivity index (χ1n) is 10.3. The molecule has 2 N–H and O–H groups in total. The minimum atomic E-state index is -1.39. The van der Waals surface area contributed by atoms with Crippen molar-refractivity contribution in [3.63, 3.8) is 0 Å². The van der Waals surface area contributed by atoms with Crippen LogP contribution in [0.25, 0.3) is 0 Å². The van der Waals surface area contributed by atoms with Crippen molar-refractivity contribution in [1.29, 1.82) is 0 Å². The molecule has 170 valence electrons.